The van der Waals surface area contributed by atoms with Gasteiger partial charge in [0, 0.05) is 45.0 Å². The van der Waals surface area contributed by atoms with Crippen LogP contribution in [-0.2, 0) is 4.79 Å². The number of aromatic nitrogens is 1. The van der Waals surface area contributed by atoms with Crippen LogP contribution in [0.5, 0.6) is 0 Å². The first-order valence-corrected chi connectivity index (χ1v) is 9.41. The van der Waals surface area contributed by atoms with Crippen molar-refractivity contribution < 1.29 is 9.59 Å². The quantitative estimate of drug-likeness (QED) is 0.888. The highest BCUT2D eigenvalue weighted by molar-refractivity contribution is 5.98. The van der Waals surface area contributed by atoms with Gasteiger partial charge in [-0.25, -0.2) is 0 Å². The number of pyridine rings is 1. The largest absolute Gasteiger partial charge is 0.367 e. The van der Waals surface area contributed by atoms with Crippen LogP contribution < -0.4 is 10.6 Å². The van der Waals surface area contributed by atoms with Crippen molar-refractivity contribution in [2.75, 3.05) is 31.1 Å². The lowest BCUT2D eigenvalue weighted by molar-refractivity contribution is -0.131. The molecule has 0 atom stereocenters. The standard InChI is InChI=1S/C19H28N4O2/c20-19(25)16-14-21-9-8-17(16)22-10-12-23(13-11-22)18(24)7-6-15-4-2-1-3-5-15/h8-9,14-15H,1-7,10-13H2,(H2,20,25). The van der Waals surface area contributed by atoms with E-state index in [-0.39, 0.29) is 5.91 Å². The van der Waals surface area contributed by atoms with Gasteiger partial charge in [-0.3, -0.25) is 14.6 Å². The summed E-state index contributed by atoms with van der Waals surface area (Å²) in [4.78, 5) is 32.1. The van der Waals surface area contributed by atoms with Crippen LogP contribution in [-0.4, -0.2) is 47.9 Å². The van der Waals surface area contributed by atoms with Crippen molar-refractivity contribution in [3.8, 4) is 0 Å². The van der Waals surface area contributed by atoms with Crippen LogP contribution in [0.15, 0.2) is 18.5 Å². The van der Waals surface area contributed by atoms with Gasteiger partial charge in [-0.1, -0.05) is 32.1 Å². The van der Waals surface area contributed by atoms with Crippen molar-refractivity contribution in [2.45, 2.75) is 44.9 Å². The molecule has 136 valence electrons. The molecule has 0 bridgehead atoms. The van der Waals surface area contributed by atoms with Crippen molar-refractivity contribution in [3.05, 3.63) is 24.0 Å². The van der Waals surface area contributed by atoms with Gasteiger partial charge in [0.25, 0.3) is 5.91 Å². The molecule has 25 heavy (non-hydrogen) atoms. The SMILES string of the molecule is NC(=O)c1cnccc1N1CCN(C(=O)CCC2CCCCC2)CC1. The minimum absolute atomic E-state index is 0.273. The molecule has 3 rings (SSSR count). The second-order valence-electron chi connectivity index (χ2n) is 7.17. The molecule has 1 aromatic heterocycles. The van der Waals surface area contributed by atoms with Gasteiger partial charge in [0.15, 0.2) is 0 Å². The summed E-state index contributed by atoms with van der Waals surface area (Å²) in [5.74, 6) is 0.554. The van der Waals surface area contributed by atoms with Crippen LogP contribution in [0.3, 0.4) is 0 Å². The van der Waals surface area contributed by atoms with Crippen LogP contribution in [0.1, 0.15) is 55.3 Å². The molecule has 1 aromatic rings. The number of rotatable bonds is 5. The Hall–Kier alpha value is -2.11. The maximum absolute atomic E-state index is 12.5. The first kappa shape index (κ1) is 17.7. The molecule has 2 heterocycles. The molecule has 0 radical (unpaired) electrons. The van der Waals surface area contributed by atoms with E-state index in [0.717, 1.165) is 31.1 Å². The van der Waals surface area contributed by atoms with Crippen LogP contribution >= 0.6 is 0 Å². The number of amides is 2. The molecule has 1 saturated carbocycles. The average molecular weight is 344 g/mol. The lowest BCUT2D eigenvalue weighted by atomic mass is 9.86. The first-order chi connectivity index (χ1) is 12.1. The van der Waals surface area contributed by atoms with Crippen LogP contribution in [0, 0.1) is 5.92 Å². The third kappa shape index (κ3) is 4.50. The molecular formula is C19H28N4O2. The van der Waals surface area contributed by atoms with Gasteiger partial charge in [-0.05, 0) is 18.4 Å². The number of hydrogen-bond acceptors (Lipinski definition) is 4. The third-order valence-corrected chi connectivity index (χ3v) is 5.53. The monoisotopic (exact) mass is 344 g/mol. The second kappa shape index (κ2) is 8.32. The summed E-state index contributed by atoms with van der Waals surface area (Å²) in [5, 5.41) is 0. The molecule has 6 nitrogen and oxygen atoms in total. The van der Waals surface area contributed by atoms with Gasteiger partial charge in [-0.15, -0.1) is 0 Å². The Morgan fingerprint density at radius 3 is 2.52 bits per heavy atom. The van der Waals surface area contributed by atoms with Gasteiger partial charge >= 0.3 is 0 Å². The van der Waals surface area contributed by atoms with Gasteiger partial charge in [0.1, 0.15) is 0 Å². The second-order valence-corrected chi connectivity index (χ2v) is 7.17. The number of nitrogens with two attached hydrogens (primary N) is 1. The maximum Gasteiger partial charge on any atom is 0.252 e. The van der Waals surface area contributed by atoms with Crippen LogP contribution in [0.4, 0.5) is 5.69 Å². The summed E-state index contributed by atoms with van der Waals surface area (Å²) in [7, 11) is 0. The smallest absolute Gasteiger partial charge is 0.252 e. The zero-order valence-electron chi connectivity index (χ0n) is 14.8. The fraction of sp³-hybridized carbons (Fsp3) is 0.632. The molecule has 2 aliphatic rings. The average Bonchev–Trinajstić information content (AvgIpc) is 2.67. The topological polar surface area (TPSA) is 79.5 Å². The summed E-state index contributed by atoms with van der Waals surface area (Å²) in [6.07, 6.45) is 11.5. The maximum atomic E-state index is 12.5. The first-order valence-electron chi connectivity index (χ1n) is 9.41. The van der Waals surface area contributed by atoms with E-state index in [1.54, 1.807) is 6.20 Å². The summed E-state index contributed by atoms with van der Waals surface area (Å²) >= 11 is 0. The summed E-state index contributed by atoms with van der Waals surface area (Å²) in [6.45, 7) is 2.84. The summed E-state index contributed by atoms with van der Waals surface area (Å²) in [6, 6.07) is 1.82. The number of carbonyl (C=O) groups is 2. The minimum Gasteiger partial charge on any atom is -0.367 e. The van der Waals surface area contributed by atoms with Crippen molar-refractivity contribution in [3.63, 3.8) is 0 Å². The van der Waals surface area contributed by atoms with E-state index in [4.69, 9.17) is 5.73 Å². The third-order valence-electron chi connectivity index (χ3n) is 5.53. The van der Waals surface area contributed by atoms with E-state index in [2.05, 4.69) is 9.88 Å². The van der Waals surface area contributed by atoms with Crippen molar-refractivity contribution in [1.29, 1.82) is 0 Å². The number of nitrogens with zero attached hydrogens (tertiary/aromatic N) is 3. The number of carbonyl (C=O) groups excluding carboxylic acids is 2. The normalized spacial score (nSPS) is 19.0. The Morgan fingerprint density at radius 2 is 1.84 bits per heavy atom. The predicted octanol–water partition coefficient (Wildman–Crippen LogP) is 2.19. The highest BCUT2D eigenvalue weighted by Gasteiger charge is 2.24. The number of hydrogen-bond donors (Lipinski definition) is 1. The Morgan fingerprint density at radius 1 is 1.12 bits per heavy atom. The summed E-state index contributed by atoms with van der Waals surface area (Å²) < 4.78 is 0. The molecular weight excluding hydrogens is 316 g/mol. The number of anilines is 1. The van der Waals surface area contributed by atoms with E-state index < -0.39 is 5.91 Å². The fourth-order valence-electron chi connectivity index (χ4n) is 4.01. The Labute approximate surface area is 149 Å². The van der Waals surface area contributed by atoms with E-state index in [1.807, 2.05) is 11.0 Å². The highest BCUT2D eigenvalue weighted by atomic mass is 16.2. The van der Waals surface area contributed by atoms with E-state index in [1.165, 1.54) is 38.3 Å². The fourth-order valence-corrected chi connectivity index (χ4v) is 4.01. The van der Waals surface area contributed by atoms with Crippen LogP contribution in [0.25, 0.3) is 0 Å². The molecule has 2 amide bonds. The van der Waals surface area contributed by atoms with E-state index in [0.29, 0.717) is 25.1 Å². The van der Waals surface area contributed by atoms with Gasteiger partial charge in [-0.2, -0.15) is 0 Å². The van der Waals surface area contributed by atoms with Crippen LogP contribution in [0.2, 0.25) is 0 Å². The molecule has 2 N–H and O–H groups in total. The molecule has 1 aliphatic carbocycles. The molecule has 0 unspecified atom stereocenters. The lowest BCUT2D eigenvalue weighted by Gasteiger charge is -2.37. The molecule has 2 fully saturated rings. The Kier molecular flexibility index (Phi) is 5.89. The van der Waals surface area contributed by atoms with Gasteiger partial charge in [0.2, 0.25) is 5.91 Å². The highest BCUT2D eigenvalue weighted by Crippen LogP contribution is 2.27. The molecule has 0 spiro atoms. The Balaban J connectivity index is 1.50. The minimum atomic E-state index is -0.464. The zero-order chi connectivity index (χ0) is 17.6. The molecule has 0 aromatic carbocycles. The van der Waals surface area contributed by atoms with Gasteiger partial charge < -0.3 is 15.5 Å². The summed E-state index contributed by atoms with van der Waals surface area (Å²) in [5.41, 5.74) is 6.70. The number of piperazine rings is 1. The predicted molar refractivity (Wildman–Crippen MR) is 97.4 cm³/mol. The van der Waals surface area contributed by atoms with Crippen molar-refractivity contribution >= 4 is 17.5 Å². The zero-order valence-corrected chi connectivity index (χ0v) is 14.8. The molecule has 1 saturated heterocycles. The van der Waals surface area contributed by atoms with Crippen molar-refractivity contribution in [1.82, 2.24) is 9.88 Å². The molecule has 6 heteroatoms. The van der Waals surface area contributed by atoms with Gasteiger partial charge in [0.05, 0.1) is 11.3 Å². The Bertz CT molecular complexity index is 605. The molecule has 1 aliphatic heterocycles. The van der Waals surface area contributed by atoms with E-state index in [9.17, 15) is 9.59 Å². The van der Waals surface area contributed by atoms with Crippen molar-refractivity contribution in [2.24, 2.45) is 11.7 Å². The number of primary amides is 1. The van der Waals surface area contributed by atoms with E-state index >= 15 is 0 Å². The lowest BCUT2D eigenvalue weighted by Crippen LogP contribution is -2.49.